The van der Waals surface area contributed by atoms with Crippen molar-refractivity contribution in [2.45, 2.75) is 6.92 Å². The van der Waals surface area contributed by atoms with Crippen molar-refractivity contribution in [1.29, 1.82) is 0 Å². The molecule has 2 aromatic heterocycles. The predicted octanol–water partition coefficient (Wildman–Crippen LogP) is 1.15. The highest BCUT2D eigenvalue weighted by molar-refractivity contribution is 6.02. The third-order valence-electron chi connectivity index (χ3n) is 1.95. The molecule has 0 fully saturated rings. The van der Waals surface area contributed by atoms with Crippen LogP contribution >= 0.6 is 0 Å². The molecule has 0 radical (unpaired) electrons. The van der Waals surface area contributed by atoms with Crippen molar-refractivity contribution in [1.82, 2.24) is 15.4 Å². The van der Waals surface area contributed by atoms with Gasteiger partial charge in [-0.3, -0.25) is 4.79 Å². The van der Waals surface area contributed by atoms with Crippen molar-refractivity contribution >= 4 is 17.4 Å². The lowest BCUT2D eigenvalue weighted by molar-refractivity contribution is 0.102. The molecule has 0 aliphatic rings. The normalized spacial score (nSPS) is 9.94. The fourth-order valence-corrected chi connectivity index (χ4v) is 1.19. The summed E-state index contributed by atoms with van der Waals surface area (Å²) in [5, 5.41) is 16.7. The van der Waals surface area contributed by atoms with Gasteiger partial charge in [0.15, 0.2) is 5.69 Å². The summed E-state index contributed by atoms with van der Waals surface area (Å²) in [6, 6.07) is 3.28. The second-order valence-electron chi connectivity index (χ2n) is 3.20. The maximum atomic E-state index is 11.7. The van der Waals surface area contributed by atoms with Gasteiger partial charge in [0.25, 0.3) is 5.91 Å². The molecule has 2 aromatic rings. The quantitative estimate of drug-likeness (QED) is 0.822. The second-order valence-corrected chi connectivity index (χ2v) is 3.20. The lowest BCUT2D eigenvalue weighted by Gasteiger charge is -2.02. The van der Waals surface area contributed by atoms with Crippen LogP contribution in [0.5, 0.6) is 0 Å². The molecule has 1 amide bonds. The molecule has 2 rings (SSSR count). The monoisotopic (exact) mass is 233 g/mol. The molecule has 0 spiro atoms. The number of rotatable bonds is 4. The Balaban J connectivity index is 2.04. The zero-order valence-corrected chi connectivity index (χ0v) is 9.17. The van der Waals surface area contributed by atoms with E-state index in [1.54, 1.807) is 12.1 Å². The second kappa shape index (κ2) is 5.06. The molecule has 0 aromatic carbocycles. The first-order chi connectivity index (χ1) is 8.29. The highest BCUT2D eigenvalue weighted by Crippen LogP contribution is 2.07. The van der Waals surface area contributed by atoms with Crippen molar-refractivity contribution < 1.29 is 9.32 Å². The summed E-state index contributed by atoms with van der Waals surface area (Å²) in [7, 11) is 0. The van der Waals surface area contributed by atoms with Gasteiger partial charge in [-0.25, -0.2) is 0 Å². The zero-order chi connectivity index (χ0) is 12.1. The molecule has 0 aliphatic carbocycles. The Morgan fingerprint density at radius 1 is 1.41 bits per heavy atom. The minimum Gasteiger partial charge on any atom is -0.369 e. The van der Waals surface area contributed by atoms with E-state index < -0.39 is 0 Å². The third kappa shape index (κ3) is 2.77. The van der Waals surface area contributed by atoms with Gasteiger partial charge in [-0.2, -0.15) is 0 Å². The molecule has 17 heavy (non-hydrogen) atoms. The van der Waals surface area contributed by atoms with E-state index in [4.69, 9.17) is 0 Å². The minimum atomic E-state index is -0.358. The van der Waals surface area contributed by atoms with E-state index in [1.165, 1.54) is 12.5 Å². The van der Waals surface area contributed by atoms with Gasteiger partial charge in [-0.1, -0.05) is 5.16 Å². The Labute approximate surface area is 97.2 Å². The van der Waals surface area contributed by atoms with Gasteiger partial charge in [-0.15, -0.1) is 10.2 Å². The van der Waals surface area contributed by atoms with Gasteiger partial charge < -0.3 is 15.2 Å². The van der Waals surface area contributed by atoms with Gasteiger partial charge >= 0.3 is 0 Å². The lowest BCUT2D eigenvalue weighted by atomic mass is 10.3. The molecular weight excluding hydrogens is 222 g/mol. The van der Waals surface area contributed by atoms with E-state index in [9.17, 15) is 4.79 Å². The minimum absolute atomic E-state index is 0.229. The Morgan fingerprint density at radius 3 is 2.88 bits per heavy atom. The first kappa shape index (κ1) is 11.1. The molecule has 0 atom stereocenters. The maximum Gasteiger partial charge on any atom is 0.276 e. The topological polar surface area (TPSA) is 92.9 Å². The Morgan fingerprint density at radius 2 is 2.29 bits per heavy atom. The zero-order valence-electron chi connectivity index (χ0n) is 9.17. The van der Waals surface area contributed by atoms with E-state index in [2.05, 4.69) is 30.5 Å². The van der Waals surface area contributed by atoms with E-state index in [0.717, 1.165) is 6.54 Å². The Bertz CT molecular complexity index is 480. The first-order valence-electron chi connectivity index (χ1n) is 5.08. The average Bonchev–Trinajstić information content (AvgIpc) is 2.83. The van der Waals surface area contributed by atoms with Crippen molar-refractivity contribution in [3.05, 3.63) is 30.3 Å². The Kier molecular flexibility index (Phi) is 3.29. The van der Waals surface area contributed by atoms with Crippen LogP contribution in [0.25, 0.3) is 0 Å². The third-order valence-corrected chi connectivity index (χ3v) is 1.95. The van der Waals surface area contributed by atoms with Gasteiger partial charge in [0.1, 0.15) is 17.8 Å². The van der Waals surface area contributed by atoms with E-state index in [-0.39, 0.29) is 11.6 Å². The first-order valence-corrected chi connectivity index (χ1v) is 5.08. The standard InChI is InChI=1S/C10H11N5O2/c1-2-11-9-4-3-8(14-15-9)10(16)13-7-5-12-17-6-7/h3-6H,2H2,1H3,(H,11,15)(H,13,16). The number of carbonyl (C=O) groups is 1. The van der Waals surface area contributed by atoms with Crippen LogP contribution in [0.3, 0.4) is 0 Å². The molecule has 2 heterocycles. The van der Waals surface area contributed by atoms with Gasteiger partial charge in [0.2, 0.25) is 0 Å². The lowest BCUT2D eigenvalue weighted by Crippen LogP contribution is -2.14. The summed E-state index contributed by atoms with van der Waals surface area (Å²) in [4.78, 5) is 11.7. The summed E-state index contributed by atoms with van der Waals surface area (Å²) in [5.41, 5.74) is 0.709. The van der Waals surface area contributed by atoms with Crippen LogP contribution < -0.4 is 10.6 Å². The van der Waals surface area contributed by atoms with Crippen LogP contribution in [-0.4, -0.2) is 27.8 Å². The molecule has 7 heteroatoms. The number of aromatic nitrogens is 3. The summed E-state index contributed by atoms with van der Waals surface area (Å²) in [5.74, 6) is 0.276. The largest absolute Gasteiger partial charge is 0.369 e. The molecule has 0 saturated heterocycles. The van der Waals surface area contributed by atoms with Crippen LogP contribution in [0.1, 0.15) is 17.4 Å². The summed E-state index contributed by atoms with van der Waals surface area (Å²) in [6.45, 7) is 2.70. The van der Waals surface area contributed by atoms with Crippen LogP contribution in [0.2, 0.25) is 0 Å². The summed E-state index contributed by atoms with van der Waals surface area (Å²) < 4.78 is 4.59. The van der Waals surface area contributed by atoms with E-state index >= 15 is 0 Å². The number of hydrogen-bond donors (Lipinski definition) is 2. The van der Waals surface area contributed by atoms with Gasteiger partial charge in [0.05, 0.1) is 6.20 Å². The molecule has 88 valence electrons. The molecule has 7 nitrogen and oxygen atoms in total. The van der Waals surface area contributed by atoms with Crippen LogP contribution in [-0.2, 0) is 0 Å². The van der Waals surface area contributed by atoms with Crippen molar-refractivity contribution in [3.8, 4) is 0 Å². The van der Waals surface area contributed by atoms with Crippen molar-refractivity contribution in [3.63, 3.8) is 0 Å². The number of carbonyl (C=O) groups excluding carboxylic acids is 1. The van der Waals surface area contributed by atoms with Crippen molar-refractivity contribution in [2.75, 3.05) is 17.2 Å². The number of hydrogen-bond acceptors (Lipinski definition) is 6. The fraction of sp³-hybridized carbons (Fsp3) is 0.200. The predicted molar refractivity (Wildman–Crippen MR) is 60.7 cm³/mol. The Hall–Kier alpha value is -2.44. The molecule has 0 aliphatic heterocycles. The van der Waals surface area contributed by atoms with Gasteiger partial charge in [0, 0.05) is 6.54 Å². The molecule has 0 unspecified atom stereocenters. The van der Waals surface area contributed by atoms with E-state index in [0.29, 0.717) is 11.5 Å². The number of nitrogens with zero attached hydrogens (tertiary/aromatic N) is 3. The van der Waals surface area contributed by atoms with Crippen LogP contribution in [0.4, 0.5) is 11.5 Å². The van der Waals surface area contributed by atoms with Crippen LogP contribution in [0.15, 0.2) is 29.1 Å². The SMILES string of the molecule is CCNc1ccc(C(=O)Nc2cnoc2)nn1. The number of anilines is 2. The summed E-state index contributed by atoms with van der Waals surface area (Å²) >= 11 is 0. The maximum absolute atomic E-state index is 11.7. The highest BCUT2D eigenvalue weighted by atomic mass is 16.5. The van der Waals surface area contributed by atoms with Crippen LogP contribution in [0, 0.1) is 0 Å². The fourth-order valence-electron chi connectivity index (χ4n) is 1.19. The molecular formula is C10H11N5O2. The molecule has 0 saturated carbocycles. The van der Waals surface area contributed by atoms with Crippen molar-refractivity contribution in [2.24, 2.45) is 0 Å². The van der Waals surface area contributed by atoms with E-state index in [1.807, 2.05) is 6.92 Å². The van der Waals surface area contributed by atoms with Gasteiger partial charge in [-0.05, 0) is 19.1 Å². The summed E-state index contributed by atoms with van der Waals surface area (Å²) in [6.07, 6.45) is 2.73. The number of amides is 1. The molecule has 2 N–H and O–H groups in total. The highest BCUT2D eigenvalue weighted by Gasteiger charge is 2.09. The average molecular weight is 233 g/mol. The smallest absolute Gasteiger partial charge is 0.276 e. The molecule has 0 bridgehead atoms. The number of nitrogens with one attached hydrogen (secondary N) is 2.